The third kappa shape index (κ3) is 7.31. The van der Waals surface area contributed by atoms with Crippen LogP contribution in [0.2, 0.25) is 0 Å². The van der Waals surface area contributed by atoms with E-state index in [1.807, 2.05) is 6.92 Å². The number of amides is 1. The van der Waals surface area contributed by atoms with Crippen LogP contribution in [-0.4, -0.2) is 47.7 Å². The summed E-state index contributed by atoms with van der Waals surface area (Å²) in [5.74, 6) is -2.13. The van der Waals surface area contributed by atoms with E-state index in [0.29, 0.717) is 10.6 Å². The fraction of sp³-hybridized carbons (Fsp3) is 0.385. The van der Waals surface area contributed by atoms with Gasteiger partial charge in [-0.3, -0.25) is 14.5 Å². The van der Waals surface area contributed by atoms with Crippen LogP contribution in [0.5, 0.6) is 0 Å². The summed E-state index contributed by atoms with van der Waals surface area (Å²) in [4.78, 5) is 22.7. The third-order valence-electron chi connectivity index (χ3n) is 2.46. The molecular formula is C13H15F3N2O3. The molecule has 0 unspecified atom stereocenters. The van der Waals surface area contributed by atoms with Gasteiger partial charge in [0, 0.05) is 5.69 Å². The van der Waals surface area contributed by atoms with E-state index in [1.165, 1.54) is 0 Å². The molecule has 0 spiro atoms. The predicted octanol–water partition coefficient (Wildman–Crippen LogP) is 1.88. The number of benzene rings is 1. The maximum Gasteiger partial charge on any atom is 0.401 e. The highest BCUT2D eigenvalue weighted by Crippen LogP contribution is 2.16. The molecule has 0 saturated carbocycles. The minimum atomic E-state index is -4.57. The Morgan fingerprint density at radius 3 is 2.24 bits per heavy atom. The smallest absolute Gasteiger partial charge is 0.401 e. The van der Waals surface area contributed by atoms with Gasteiger partial charge in [0.05, 0.1) is 19.6 Å². The molecule has 1 aromatic rings. The molecule has 1 amide bonds. The van der Waals surface area contributed by atoms with Gasteiger partial charge in [-0.2, -0.15) is 13.2 Å². The van der Waals surface area contributed by atoms with E-state index in [2.05, 4.69) is 5.32 Å². The molecule has 0 radical (unpaired) electrons. The van der Waals surface area contributed by atoms with Gasteiger partial charge in [-0.15, -0.1) is 0 Å². The lowest BCUT2D eigenvalue weighted by molar-refractivity contribution is -0.154. The van der Waals surface area contributed by atoms with Crippen LogP contribution in [0, 0.1) is 6.92 Å². The molecule has 0 fully saturated rings. The maximum atomic E-state index is 12.3. The number of aryl methyl sites for hydroxylation is 1. The number of nitrogens with one attached hydrogen (secondary N) is 1. The third-order valence-corrected chi connectivity index (χ3v) is 2.46. The van der Waals surface area contributed by atoms with E-state index < -0.39 is 37.7 Å². The second-order valence-corrected chi connectivity index (χ2v) is 4.57. The molecule has 0 atom stereocenters. The van der Waals surface area contributed by atoms with Gasteiger partial charge in [0.2, 0.25) is 5.91 Å². The van der Waals surface area contributed by atoms with E-state index in [1.54, 1.807) is 24.3 Å². The Hall–Kier alpha value is -2.09. The highest BCUT2D eigenvalue weighted by atomic mass is 19.4. The number of carboxylic acids is 1. The van der Waals surface area contributed by atoms with Crippen molar-refractivity contribution >= 4 is 17.6 Å². The Morgan fingerprint density at radius 2 is 1.76 bits per heavy atom. The van der Waals surface area contributed by atoms with Crippen molar-refractivity contribution in [3.63, 3.8) is 0 Å². The lowest BCUT2D eigenvalue weighted by Crippen LogP contribution is -2.42. The Morgan fingerprint density at radius 1 is 1.19 bits per heavy atom. The summed E-state index contributed by atoms with van der Waals surface area (Å²) in [6.07, 6.45) is -4.57. The molecule has 0 aromatic heterocycles. The van der Waals surface area contributed by atoms with Crippen LogP contribution < -0.4 is 5.32 Å². The molecule has 0 aliphatic carbocycles. The maximum absolute atomic E-state index is 12.3. The van der Waals surface area contributed by atoms with Crippen molar-refractivity contribution in [2.24, 2.45) is 0 Å². The monoisotopic (exact) mass is 304 g/mol. The van der Waals surface area contributed by atoms with Gasteiger partial charge in [0.15, 0.2) is 0 Å². The summed E-state index contributed by atoms with van der Waals surface area (Å²) in [5.41, 5.74) is 1.41. The minimum Gasteiger partial charge on any atom is -0.480 e. The number of hydrogen-bond donors (Lipinski definition) is 2. The lowest BCUT2D eigenvalue weighted by Gasteiger charge is -2.21. The first-order chi connectivity index (χ1) is 9.65. The largest absolute Gasteiger partial charge is 0.480 e. The standard InChI is InChI=1S/C13H15F3N2O3/c1-9-2-4-10(5-3-9)17-11(19)6-18(7-12(20)21)8-13(14,15)16/h2-5H,6-8H2,1H3,(H,17,19)(H,20,21). The Kier molecular flexibility index (Phi) is 5.71. The number of carbonyl (C=O) groups is 2. The summed E-state index contributed by atoms with van der Waals surface area (Å²) in [5, 5.41) is 11.0. The van der Waals surface area contributed by atoms with Crippen molar-refractivity contribution in [3.05, 3.63) is 29.8 Å². The number of aliphatic carboxylic acids is 1. The Labute approximate surface area is 119 Å². The molecule has 1 rings (SSSR count). The summed E-state index contributed by atoms with van der Waals surface area (Å²) < 4.78 is 36.9. The van der Waals surface area contributed by atoms with Crippen LogP contribution >= 0.6 is 0 Å². The molecule has 0 aliphatic heterocycles. The molecule has 116 valence electrons. The van der Waals surface area contributed by atoms with Crippen LogP contribution in [0.15, 0.2) is 24.3 Å². The van der Waals surface area contributed by atoms with Crippen molar-refractivity contribution in [2.45, 2.75) is 13.1 Å². The number of anilines is 1. The first kappa shape index (κ1) is 17.0. The molecule has 5 nitrogen and oxygen atoms in total. The van der Waals surface area contributed by atoms with Crippen LogP contribution in [-0.2, 0) is 9.59 Å². The van der Waals surface area contributed by atoms with Gasteiger partial charge < -0.3 is 10.4 Å². The Bertz CT molecular complexity index is 500. The SMILES string of the molecule is Cc1ccc(NC(=O)CN(CC(=O)O)CC(F)(F)F)cc1. The number of carboxylic acid groups (broad SMARTS) is 1. The molecule has 0 bridgehead atoms. The number of halogens is 3. The van der Waals surface area contributed by atoms with Crippen molar-refractivity contribution in [2.75, 3.05) is 25.0 Å². The van der Waals surface area contributed by atoms with Crippen molar-refractivity contribution in [1.29, 1.82) is 0 Å². The van der Waals surface area contributed by atoms with Crippen molar-refractivity contribution in [1.82, 2.24) is 4.90 Å². The summed E-state index contributed by atoms with van der Waals surface area (Å²) >= 11 is 0. The van der Waals surface area contributed by atoms with Gasteiger partial charge in [-0.25, -0.2) is 0 Å². The minimum absolute atomic E-state index is 0.438. The molecular weight excluding hydrogens is 289 g/mol. The zero-order valence-corrected chi connectivity index (χ0v) is 11.3. The van der Waals surface area contributed by atoms with E-state index in [0.717, 1.165) is 5.56 Å². The van der Waals surface area contributed by atoms with E-state index in [-0.39, 0.29) is 0 Å². The quantitative estimate of drug-likeness (QED) is 0.842. The second-order valence-electron chi connectivity index (χ2n) is 4.57. The highest BCUT2D eigenvalue weighted by molar-refractivity contribution is 5.92. The molecule has 0 heterocycles. The first-order valence-corrected chi connectivity index (χ1v) is 6.03. The zero-order valence-electron chi connectivity index (χ0n) is 11.3. The summed E-state index contributed by atoms with van der Waals surface area (Å²) in [6.45, 7) is -1.12. The normalized spacial score (nSPS) is 11.5. The second kappa shape index (κ2) is 7.07. The summed E-state index contributed by atoms with van der Waals surface area (Å²) in [6, 6.07) is 6.69. The number of hydrogen-bond acceptors (Lipinski definition) is 3. The first-order valence-electron chi connectivity index (χ1n) is 6.03. The molecule has 0 aliphatic rings. The van der Waals surface area contributed by atoms with E-state index >= 15 is 0 Å². The average Bonchev–Trinajstić information content (AvgIpc) is 2.28. The average molecular weight is 304 g/mol. The Balaban J connectivity index is 2.62. The van der Waals surface area contributed by atoms with Gasteiger partial charge >= 0.3 is 12.1 Å². The van der Waals surface area contributed by atoms with Crippen LogP contribution in [0.25, 0.3) is 0 Å². The zero-order chi connectivity index (χ0) is 16.0. The topological polar surface area (TPSA) is 69.6 Å². The van der Waals surface area contributed by atoms with Gasteiger partial charge in [0.1, 0.15) is 0 Å². The molecule has 0 saturated heterocycles. The number of rotatable bonds is 6. The van der Waals surface area contributed by atoms with Gasteiger partial charge in [-0.05, 0) is 19.1 Å². The molecule has 2 N–H and O–H groups in total. The number of alkyl halides is 3. The summed E-state index contributed by atoms with van der Waals surface area (Å²) in [7, 11) is 0. The van der Waals surface area contributed by atoms with Crippen LogP contribution in [0.1, 0.15) is 5.56 Å². The fourth-order valence-corrected chi connectivity index (χ4v) is 1.65. The molecule has 21 heavy (non-hydrogen) atoms. The van der Waals surface area contributed by atoms with Crippen molar-refractivity contribution in [3.8, 4) is 0 Å². The van der Waals surface area contributed by atoms with Gasteiger partial charge in [0.25, 0.3) is 0 Å². The highest BCUT2D eigenvalue weighted by Gasteiger charge is 2.32. The number of carbonyl (C=O) groups excluding carboxylic acids is 1. The van der Waals surface area contributed by atoms with E-state index in [4.69, 9.17) is 5.11 Å². The van der Waals surface area contributed by atoms with Crippen molar-refractivity contribution < 1.29 is 27.9 Å². The fourth-order valence-electron chi connectivity index (χ4n) is 1.65. The van der Waals surface area contributed by atoms with Gasteiger partial charge in [-0.1, -0.05) is 17.7 Å². The lowest BCUT2D eigenvalue weighted by atomic mass is 10.2. The number of nitrogens with zero attached hydrogens (tertiary/aromatic N) is 1. The van der Waals surface area contributed by atoms with E-state index in [9.17, 15) is 22.8 Å². The molecule has 1 aromatic carbocycles. The van der Waals surface area contributed by atoms with Crippen LogP contribution in [0.3, 0.4) is 0 Å². The van der Waals surface area contributed by atoms with Crippen LogP contribution in [0.4, 0.5) is 18.9 Å². The predicted molar refractivity (Wildman–Crippen MR) is 69.9 cm³/mol. The molecule has 8 heteroatoms.